The van der Waals surface area contributed by atoms with Crippen molar-refractivity contribution in [1.82, 2.24) is 30.4 Å². The molecule has 0 saturated heterocycles. The third-order valence-electron chi connectivity index (χ3n) is 4.16. The average molecular weight is 368 g/mol. The number of aromatic nitrogens is 4. The van der Waals surface area contributed by atoms with Gasteiger partial charge in [-0.25, -0.2) is 9.50 Å². The molecule has 3 rings (SSSR count). The van der Waals surface area contributed by atoms with Gasteiger partial charge in [0, 0.05) is 11.9 Å². The number of fused-ring (bicyclic) bond motifs is 1. The molecule has 0 fully saturated rings. The SMILES string of the molecule is Cc1cccc(OC(C)C(=O)NNC(=O)c2nc3nccc(C)n3n2)c1C. The summed E-state index contributed by atoms with van der Waals surface area (Å²) in [5.74, 6) is -0.319. The van der Waals surface area contributed by atoms with Gasteiger partial charge in [-0.15, -0.1) is 5.10 Å². The number of hydrogen-bond acceptors (Lipinski definition) is 6. The van der Waals surface area contributed by atoms with Crippen LogP contribution in [0.3, 0.4) is 0 Å². The molecule has 1 atom stereocenters. The van der Waals surface area contributed by atoms with Crippen LogP contribution in [-0.4, -0.2) is 37.5 Å². The number of benzene rings is 1. The molecule has 9 heteroatoms. The van der Waals surface area contributed by atoms with Gasteiger partial charge >= 0.3 is 5.91 Å². The molecule has 1 aromatic carbocycles. The highest BCUT2D eigenvalue weighted by Crippen LogP contribution is 2.21. The Kier molecular flexibility index (Phi) is 5.02. The Bertz CT molecular complexity index is 1010. The van der Waals surface area contributed by atoms with Gasteiger partial charge in [0.1, 0.15) is 5.75 Å². The standard InChI is InChI=1S/C18H20N6O3/c1-10-6-5-7-14(12(10)3)27-13(4)16(25)21-22-17(26)15-20-18-19-9-8-11(2)24(18)23-15/h5-9,13H,1-4H3,(H,21,25)(H,22,26). The molecule has 0 bridgehead atoms. The monoisotopic (exact) mass is 368 g/mol. The molecule has 2 heterocycles. The van der Waals surface area contributed by atoms with Crippen LogP contribution in [0.15, 0.2) is 30.5 Å². The molecule has 0 aliphatic rings. The van der Waals surface area contributed by atoms with E-state index >= 15 is 0 Å². The predicted molar refractivity (Wildman–Crippen MR) is 97.1 cm³/mol. The topological polar surface area (TPSA) is 111 Å². The average Bonchev–Trinajstić information content (AvgIpc) is 3.09. The number of amides is 2. The van der Waals surface area contributed by atoms with Crippen LogP contribution in [0, 0.1) is 20.8 Å². The summed E-state index contributed by atoms with van der Waals surface area (Å²) in [7, 11) is 0. The Morgan fingerprint density at radius 2 is 1.93 bits per heavy atom. The van der Waals surface area contributed by atoms with Crippen LogP contribution in [0.2, 0.25) is 0 Å². The van der Waals surface area contributed by atoms with E-state index in [0.717, 1.165) is 16.8 Å². The zero-order valence-electron chi connectivity index (χ0n) is 15.5. The van der Waals surface area contributed by atoms with Crippen molar-refractivity contribution in [3.63, 3.8) is 0 Å². The molecule has 3 aromatic rings. The van der Waals surface area contributed by atoms with E-state index in [1.54, 1.807) is 25.3 Å². The smallest absolute Gasteiger partial charge is 0.309 e. The highest BCUT2D eigenvalue weighted by Gasteiger charge is 2.19. The maximum atomic E-state index is 12.2. The lowest BCUT2D eigenvalue weighted by Gasteiger charge is -2.17. The van der Waals surface area contributed by atoms with Gasteiger partial charge in [0.05, 0.1) is 0 Å². The zero-order valence-corrected chi connectivity index (χ0v) is 15.5. The van der Waals surface area contributed by atoms with Gasteiger partial charge in [0.15, 0.2) is 6.10 Å². The third kappa shape index (κ3) is 3.86. The Hall–Kier alpha value is -3.49. The minimum absolute atomic E-state index is 0.0970. The fourth-order valence-electron chi connectivity index (χ4n) is 2.37. The normalized spacial score (nSPS) is 11.9. The van der Waals surface area contributed by atoms with Crippen molar-refractivity contribution < 1.29 is 14.3 Å². The Morgan fingerprint density at radius 1 is 1.15 bits per heavy atom. The van der Waals surface area contributed by atoms with E-state index in [2.05, 4.69) is 25.9 Å². The molecule has 140 valence electrons. The number of hydrazine groups is 1. The van der Waals surface area contributed by atoms with Crippen molar-refractivity contribution in [2.45, 2.75) is 33.8 Å². The van der Waals surface area contributed by atoms with Gasteiger partial charge in [-0.05, 0) is 51.0 Å². The van der Waals surface area contributed by atoms with Crippen LogP contribution in [0.25, 0.3) is 5.78 Å². The molecular weight excluding hydrogens is 348 g/mol. The third-order valence-corrected chi connectivity index (χ3v) is 4.16. The lowest BCUT2D eigenvalue weighted by Crippen LogP contribution is -2.47. The van der Waals surface area contributed by atoms with Gasteiger partial charge in [-0.1, -0.05) is 12.1 Å². The number of hydrogen-bond donors (Lipinski definition) is 2. The summed E-state index contributed by atoms with van der Waals surface area (Å²) in [5.41, 5.74) is 7.41. The van der Waals surface area contributed by atoms with Crippen molar-refractivity contribution in [3.8, 4) is 5.75 Å². The molecule has 1 unspecified atom stereocenters. The first-order chi connectivity index (χ1) is 12.9. The Balaban J connectivity index is 1.61. The molecule has 0 radical (unpaired) electrons. The summed E-state index contributed by atoms with van der Waals surface area (Å²) in [6.07, 6.45) is 0.776. The van der Waals surface area contributed by atoms with Crippen molar-refractivity contribution >= 4 is 17.6 Å². The molecule has 27 heavy (non-hydrogen) atoms. The first-order valence-electron chi connectivity index (χ1n) is 8.38. The first kappa shape index (κ1) is 18.3. The molecule has 2 aromatic heterocycles. The van der Waals surface area contributed by atoms with Crippen molar-refractivity contribution in [3.05, 3.63) is 53.1 Å². The second-order valence-electron chi connectivity index (χ2n) is 6.13. The molecule has 0 spiro atoms. The molecule has 0 aliphatic carbocycles. The van der Waals surface area contributed by atoms with Crippen molar-refractivity contribution in [2.24, 2.45) is 0 Å². The number of rotatable bonds is 4. The second-order valence-corrected chi connectivity index (χ2v) is 6.13. The summed E-state index contributed by atoms with van der Waals surface area (Å²) in [4.78, 5) is 32.4. The number of ether oxygens (including phenoxy) is 1. The first-order valence-corrected chi connectivity index (χ1v) is 8.38. The molecule has 9 nitrogen and oxygen atoms in total. The number of aryl methyl sites for hydroxylation is 2. The van der Waals surface area contributed by atoms with E-state index in [0.29, 0.717) is 11.5 Å². The summed E-state index contributed by atoms with van der Waals surface area (Å²) in [6.45, 7) is 7.30. The van der Waals surface area contributed by atoms with Crippen LogP contribution in [0.1, 0.15) is 34.4 Å². The van der Waals surface area contributed by atoms with E-state index in [-0.39, 0.29) is 5.82 Å². The van der Waals surface area contributed by atoms with Gasteiger partial charge < -0.3 is 4.74 Å². The van der Waals surface area contributed by atoms with Gasteiger partial charge in [0.2, 0.25) is 5.82 Å². The molecular formula is C18H20N6O3. The van der Waals surface area contributed by atoms with E-state index < -0.39 is 17.9 Å². The van der Waals surface area contributed by atoms with E-state index in [1.807, 2.05) is 32.9 Å². The second kappa shape index (κ2) is 7.40. The summed E-state index contributed by atoms with van der Waals surface area (Å²) < 4.78 is 7.13. The summed E-state index contributed by atoms with van der Waals surface area (Å²) in [6, 6.07) is 7.36. The fraction of sp³-hybridized carbons (Fsp3) is 0.278. The van der Waals surface area contributed by atoms with Crippen molar-refractivity contribution in [1.29, 1.82) is 0 Å². The molecule has 2 amide bonds. The quantitative estimate of drug-likeness (QED) is 0.671. The van der Waals surface area contributed by atoms with Crippen LogP contribution in [0.5, 0.6) is 5.75 Å². The lowest BCUT2D eigenvalue weighted by molar-refractivity contribution is -0.128. The summed E-state index contributed by atoms with van der Waals surface area (Å²) in [5, 5.41) is 4.07. The fourth-order valence-corrected chi connectivity index (χ4v) is 2.37. The molecule has 0 saturated carbocycles. The van der Waals surface area contributed by atoms with Gasteiger partial charge in [-0.2, -0.15) is 4.98 Å². The van der Waals surface area contributed by atoms with Gasteiger partial charge in [0.25, 0.3) is 11.7 Å². The maximum absolute atomic E-state index is 12.2. The zero-order chi connectivity index (χ0) is 19.6. The number of carbonyl (C=O) groups is 2. The Labute approximate surface area is 155 Å². The Morgan fingerprint density at radius 3 is 2.67 bits per heavy atom. The predicted octanol–water partition coefficient (Wildman–Crippen LogP) is 1.28. The van der Waals surface area contributed by atoms with Crippen LogP contribution < -0.4 is 15.6 Å². The largest absolute Gasteiger partial charge is 0.481 e. The van der Waals surface area contributed by atoms with Crippen LogP contribution in [0.4, 0.5) is 0 Å². The van der Waals surface area contributed by atoms with Crippen LogP contribution >= 0.6 is 0 Å². The van der Waals surface area contributed by atoms with Crippen molar-refractivity contribution in [2.75, 3.05) is 0 Å². The van der Waals surface area contributed by atoms with Gasteiger partial charge in [-0.3, -0.25) is 20.4 Å². The molecule has 0 aliphatic heterocycles. The maximum Gasteiger partial charge on any atom is 0.309 e. The van der Waals surface area contributed by atoms with E-state index in [9.17, 15) is 9.59 Å². The highest BCUT2D eigenvalue weighted by molar-refractivity contribution is 5.93. The number of nitrogens with zero attached hydrogens (tertiary/aromatic N) is 4. The molecule has 2 N–H and O–H groups in total. The number of carbonyl (C=O) groups excluding carboxylic acids is 2. The number of nitrogens with one attached hydrogen (secondary N) is 2. The van der Waals surface area contributed by atoms with E-state index in [4.69, 9.17) is 4.74 Å². The summed E-state index contributed by atoms with van der Waals surface area (Å²) >= 11 is 0. The lowest BCUT2D eigenvalue weighted by atomic mass is 10.1. The minimum atomic E-state index is -0.802. The minimum Gasteiger partial charge on any atom is -0.481 e. The highest BCUT2D eigenvalue weighted by atomic mass is 16.5. The van der Waals surface area contributed by atoms with Crippen LogP contribution in [-0.2, 0) is 4.79 Å². The van der Waals surface area contributed by atoms with E-state index in [1.165, 1.54) is 4.52 Å².